The summed E-state index contributed by atoms with van der Waals surface area (Å²) in [6.45, 7) is 0.361. The maximum absolute atomic E-state index is 6.93. The summed E-state index contributed by atoms with van der Waals surface area (Å²) in [4.78, 5) is 10.3. The molecular formula is C47H31N3O2. The number of amidine groups is 2. The normalized spacial score (nSPS) is 12.6. The molecule has 0 bridgehead atoms. The molecule has 0 atom stereocenters. The van der Waals surface area contributed by atoms with Gasteiger partial charge in [0.05, 0.1) is 6.54 Å². The predicted octanol–water partition coefficient (Wildman–Crippen LogP) is 11.8. The topological polar surface area (TPSA) is 77.0 Å². The first-order chi connectivity index (χ1) is 25.7. The molecule has 10 rings (SSSR count). The molecule has 0 unspecified atom stereocenters. The SMILES string of the molecule is NC(=NC(=NCc1cc(-c2ccc3c(c2)oc2ccccc23)cc2oc3ccccc3c12)c1ccccc1)c1cc2ccccc2c2ccccc12. The van der Waals surface area contributed by atoms with E-state index < -0.39 is 0 Å². The lowest BCUT2D eigenvalue weighted by molar-refractivity contribution is 0.668. The molecule has 0 spiro atoms. The van der Waals surface area contributed by atoms with Crippen molar-refractivity contribution in [3.05, 3.63) is 180 Å². The van der Waals surface area contributed by atoms with Gasteiger partial charge in [-0.2, -0.15) is 0 Å². The third kappa shape index (κ3) is 5.02. The first-order valence-corrected chi connectivity index (χ1v) is 17.4. The largest absolute Gasteiger partial charge is 0.456 e. The van der Waals surface area contributed by atoms with Crippen molar-refractivity contribution in [2.24, 2.45) is 15.7 Å². The summed E-state index contributed by atoms with van der Waals surface area (Å²) in [6, 6.07) is 55.9. The first-order valence-electron chi connectivity index (χ1n) is 17.4. The van der Waals surface area contributed by atoms with E-state index in [0.29, 0.717) is 18.2 Å². The highest BCUT2D eigenvalue weighted by molar-refractivity contribution is 6.21. The van der Waals surface area contributed by atoms with E-state index >= 15 is 0 Å². The molecule has 0 amide bonds. The molecule has 0 radical (unpaired) electrons. The van der Waals surface area contributed by atoms with Crippen molar-refractivity contribution in [1.29, 1.82) is 0 Å². The van der Waals surface area contributed by atoms with Gasteiger partial charge in [0.2, 0.25) is 0 Å². The van der Waals surface area contributed by atoms with Gasteiger partial charge in [-0.15, -0.1) is 0 Å². The van der Waals surface area contributed by atoms with Crippen molar-refractivity contribution >= 4 is 77.1 Å². The van der Waals surface area contributed by atoms with Crippen molar-refractivity contribution < 1.29 is 8.83 Å². The zero-order valence-electron chi connectivity index (χ0n) is 28.1. The Kier molecular flexibility index (Phi) is 6.96. The fourth-order valence-electron chi connectivity index (χ4n) is 7.52. The maximum atomic E-state index is 6.93. The second kappa shape index (κ2) is 12.1. The van der Waals surface area contributed by atoms with Crippen LogP contribution in [0.4, 0.5) is 0 Å². The minimum atomic E-state index is 0.361. The lowest BCUT2D eigenvalue weighted by Gasteiger charge is -2.11. The molecule has 0 fully saturated rings. The van der Waals surface area contributed by atoms with Gasteiger partial charge in [-0.05, 0) is 80.7 Å². The average Bonchev–Trinajstić information content (AvgIpc) is 3.77. The molecule has 0 aliphatic heterocycles. The molecule has 0 saturated heterocycles. The molecule has 5 heteroatoms. The third-order valence-corrected chi connectivity index (χ3v) is 9.97. The molecule has 5 nitrogen and oxygen atoms in total. The van der Waals surface area contributed by atoms with Crippen LogP contribution in [-0.2, 0) is 6.54 Å². The fraction of sp³-hybridized carbons (Fsp3) is 0.0213. The molecule has 8 aromatic carbocycles. The van der Waals surface area contributed by atoms with Crippen LogP contribution in [0.5, 0.6) is 0 Å². The molecule has 2 N–H and O–H groups in total. The van der Waals surface area contributed by atoms with Crippen molar-refractivity contribution in [1.82, 2.24) is 0 Å². The monoisotopic (exact) mass is 669 g/mol. The van der Waals surface area contributed by atoms with Crippen LogP contribution in [0, 0.1) is 0 Å². The number of nitrogens with zero attached hydrogens (tertiary/aromatic N) is 2. The van der Waals surface area contributed by atoms with Crippen LogP contribution in [-0.4, -0.2) is 11.7 Å². The molecule has 0 aliphatic rings. The van der Waals surface area contributed by atoms with Crippen molar-refractivity contribution in [3.63, 3.8) is 0 Å². The van der Waals surface area contributed by atoms with Crippen LogP contribution in [0.1, 0.15) is 16.7 Å². The van der Waals surface area contributed by atoms with E-state index in [-0.39, 0.29) is 0 Å². The van der Waals surface area contributed by atoms with Gasteiger partial charge in [-0.25, -0.2) is 4.99 Å². The Labute approximate surface area is 299 Å². The summed E-state index contributed by atoms with van der Waals surface area (Å²) in [5, 5.41) is 8.77. The minimum Gasteiger partial charge on any atom is -0.456 e. The summed E-state index contributed by atoms with van der Waals surface area (Å²) in [7, 11) is 0. The highest BCUT2D eigenvalue weighted by Crippen LogP contribution is 2.38. The van der Waals surface area contributed by atoms with E-state index in [1.165, 1.54) is 5.39 Å². The maximum Gasteiger partial charge on any atom is 0.157 e. The van der Waals surface area contributed by atoms with Crippen molar-refractivity contribution in [2.45, 2.75) is 6.54 Å². The third-order valence-electron chi connectivity index (χ3n) is 9.97. The number of nitrogens with two attached hydrogens (primary N) is 1. The van der Waals surface area contributed by atoms with Gasteiger partial charge in [-0.1, -0.05) is 121 Å². The van der Waals surface area contributed by atoms with Gasteiger partial charge in [0, 0.05) is 32.7 Å². The lowest BCUT2D eigenvalue weighted by atomic mass is 9.97. The van der Waals surface area contributed by atoms with Crippen LogP contribution >= 0.6 is 0 Å². The van der Waals surface area contributed by atoms with Gasteiger partial charge in [0.15, 0.2) is 5.84 Å². The lowest BCUT2D eigenvalue weighted by Crippen LogP contribution is -2.17. The second-order valence-electron chi connectivity index (χ2n) is 13.1. The number of rotatable bonds is 5. The number of para-hydroxylation sites is 2. The molecule has 2 heterocycles. The smallest absolute Gasteiger partial charge is 0.157 e. The Hall–Kier alpha value is -6.98. The zero-order valence-corrected chi connectivity index (χ0v) is 28.1. The van der Waals surface area contributed by atoms with Crippen LogP contribution in [0.3, 0.4) is 0 Å². The van der Waals surface area contributed by atoms with Crippen LogP contribution in [0.2, 0.25) is 0 Å². The molecule has 0 saturated carbocycles. The van der Waals surface area contributed by atoms with Crippen LogP contribution < -0.4 is 5.73 Å². The minimum absolute atomic E-state index is 0.361. The van der Waals surface area contributed by atoms with E-state index in [2.05, 4.69) is 84.9 Å². The van der Waals surface area contributed by atoms with E-state index in [4.69, 9.17) is 24.6 Å². The molecule has 2 aromatic heterocycles. The molecular weight excluding hydrogens is 639 g/mol. The van der Waals surface area contributed by atoms with Gasteiger partial charge in [-0.3, -0.25) is 4.99 Å². The molecule has 246 valence electrons. The number of furan rings is 2. The summed E-state index contributed by atoms with van der Waals surface area (Å²) in [5.41, 5.74) is 15.1. The standard InChI is InChI=1S/C47H31N3O2/c48-46(40-25-31-14-4-5-15-34(31)35-16-6-7-17-36(35)40)50-47(29-12-2-1-3-13-29)49-28-33-24-32(27-44-45(33)39-19-9-11-21-42(39)52-44)30-22-23-38-37-18-8-10-20-41(37)51-43(38)26-30/h1-27H,28H2,(H2,48,49,50). The zero-order chi connectivity index (χ0) is 34.6. The summed E-state index contributed by atoms with van der Waals surface area (Å²) in [6.07, 6.45) is 0. The Balaban J connectivity index is 1.13. The Morgan fingerprint density at radius 2 is 1.10 bits per heavy atom. The van der Waals surface area contributed by atoms with Gasteiger partial charge in [0.1, 0.15) is 28.2 Å². The van der Waals surface area contributed by atoms with Gasteiger partial charge in [0.25, 0.3) is 0 Å². The number of benzene rings is 8. The average molecular weight is 670 g/mol. The number of hydrogen-bond donors (Lipinski definition) is 1. The van der Waals surface area contributed by atoms with E-state index in [9.17, 15) is 0 Å². The summed E-state index contributed by atoms with van der Waals surface area (Å²) in [5.74, 6) is 0.974. The molecule has 10 aromatic rings. The molecule has 52 heavy (non-hydrogen) atoms. The van der Waals surface area contributed by atoms with Crippen LogP contribution in [0.15, 0.2) is 183 Å². The Morgan fingerprint density at radius 1 is 0.481 bits per heavy atom. The fourth-order valence-corrected chi connectivity index (χ4v) is 7.52. The number of fused-ring (bicyclic) bond motifs is 9. The van der Waals surface area contributed by atoms with Gasteiger partial charge < -0.3 is 14.6 Å². The Morgan fingerprint density at radius 3 is 1.92 bits per heavy atom. The second-order valence-corrected chi connectivity index (χ2v) is 13.1. The van der Waals surface area contributed by atoms with Crippen molar-refractivity contribution in [3.8, 4) is 11.1 Å². The number of aliphatic imine (C=N–C) groups is 2. The summed E-state index contributed by atoms with van der Waals surface area (Å²) >= 11 is 0. The first kappa shape index (κ1) is 29.9. The molecule has 0 aliphatic carbocycles. The van der Waals surface area contributed by atoms with Gasteiger partial charge >= 0.3 is 0 Å². The summed E-state index contributed by atoms with van der Waals surface area (Å²) < 4.78 is 12.7. The number of hydrogen-bond acceptors (Lipinski definition) is 3. The van der Waals surface area contributed by atoms with E-state index in [0.717, 1.165) is 87.9 Å². The Bertz CT molecular complexity index is 3060. The highest BCUT2D eigenvalue weighted by atomic mass is 16.3. The van der Waals surface area contributed by atoms with E-state index in [1.54, 1.807) is 0 Å². The van der Waals surface area contributed by atoms with Crippen LogP contribution in [0.25, 0.3) is 76.5 Å². The quantitative estimate of drug-likeness (QED) is 0.113. The highest BCUT2D eigenvalue weighted by Gasteiger charge is 2.17. The predicted molar refractivity (Wildman–Crippen MR) is 215 cm³/mol. The van der Waals surface area contributed by atoms with E-state index in [1.807, 2.05) is 78.9 Å². The van der Waals surface area contributed by atoms with Crippen molar-refractivity contribution in [2.75, 3.05) is 0 Å².